The van der Waals surface area contributed by atoms with Crippen LogP contribution in [0.5, 0.6) is 0 Å². The third-order valence-electron chi connectivity index (χ3n) is 3.20. The van der Waals surface area contributed by atoms with Crippen molar-refractivity contribution in [1.82, 2.24) is 0 Å². The van der Waals surface area contributed by atoms with Gasteiger partial charge in [0.1, 0.15) is 11.0 Å². The van der Waals surface area contributed by atoms with Gasteiger partial charge in [0, 0.05) is 0 Å². The fourth-order valence-corrected chi connectivity index (χ4v) is 2.98. The molecule has 2 nitrogen and oxygen atoms in total. The summed E-state index contributed by atoms with van der Waals surface area (Å²) in [6.45, 7) is 11.9. The fourth-order valence-electron chi connectivity index (χ4n) is 2.46. The average molecular weight is 259 g/mol. The third-order valence-corrected chi connectivity index (χ3v) is 3.74. The molecule has 1 rings (SSSR count). The summed E-state index contributed by atoms with van der Waals surface area (Å²) < 4.78 is 5.93. The predicted molar refractivity (Wildman–Crippen MR) is 71.3 cm³/mol. The Balaban J connectivity index is 2.97. The molecule has 1 fully saturated rings. The first kappa shape index (κ1) is 14.8. The summed E-state index contributed by atoms with van der Waals surface area (Å²) in [4.78, 5) is -0.893. The Bertz CT molecular complexity index is 307. The average Bonchev–Trinajstić information content (AvgIpc) is 2.43. The summed E-state index contributed by atoms with van der Waals surface area (Å²) in [5, 5.41) is 10.4. The van der Waals surface area contributed by atoms with Crippen LogP contribution >= 0.6 is 11.6 Å². The highest BCUT2D eigenvalue weighted by molar-refractivity contribution is 6.26. The molecule has 3 heteroatoms. The lowest BCUT2D eigenvalue weighted by Crippen LogP contribution is -2.43. The molecule has 98 valence electrons. The molecule has 1 N–H and O–H groups in total. The van der Waals surface area contributed by atoms with Crippen molar-refractivity contribution in [3.63, 3.8) is 0 Å². The second kappa shape index (κ2) is 5.58. The molecule has 0 aromatic rings. The van der Waals surface area contributed by atoms with Gasteiger partial charge in [0.05, 0.1) is 12.2 Å². The van der Waals surface area contributed by atoms with E-state index in [4.69, 9.17) is 16.3 Å². The van der Waals surface area contributed by atoms with Crippen molar-refractivity contribution in [2.45, 2.75) is 57.3 Å². The van der Waals surface area contributed by atoms with Gasteiger partial charge in [0.25, 0.3) is 0 Å². The lowest BCUT2D eigenvalue weighted by Gasteiger charge is -2.28. The normalized spacial score (nSPS) is 37.5. The van der Waals surface area contributed by atoms with Gasteiger partial charge in [-0.1, -0.05) is 34.3 Å². The molecule has 1 aliphatic heterocycles. The molecule has 4 atom stereocenters. The van der Waals surface area contributed by atoms with Crippen LogP contribution < -0.4 is 0 Å². The summed E-state index contributed by atoms with van der Waals surface area (Å²) in [5.74, 6) is 0.707. The molecule has 1 saturated heterocycles. The third kappa shape index (κ3) is 2.95. The van der Waals surface area contributed by atoms with Crippen LogP contribution in [0.25, 0.3) is 0 Å². The van der Waals surface area contributed by atoms with E-state index < -0.39 is 11.0 Å². The zero-order chi connectivity index (χ0) is 13.2. The Hall–Kier alpha value is -0.270. The SMILES string of the molecule is C=C=C[C@@]1(Cl)[C@H](O)[C@@H](CC(C)C)O[C@H]1C(C)C. The minimum Gasteiger partial charge on any atom is -0.388 e. The molecule has 0 unspecified atom stereocenters. The van der Waals surface area contributed by atoms with Gasteiger partial charge in [0.15, 0.2) is 0 Å². The highest BCUT2D eigenvalue weighted by atomic mass is 35.5. The van der Waals surface area contributed by atoms with Crippen molar-refractivity contribution in [1.29, 1.82) is 0 Å². The minimum atomic E-state index is -0.893. The highest BCUT2D eigenvalue weighted by Gasteiger charge is 2.54. The van der Waals surface area contributed by atoms with E-state index in [-0.39, 0.29) is 18.1 Å². The van der Waals surface area contributed by atoms with Gasteiger partial charge in [-0.15, -0.1) is 17.3 Å². The molecule has 0 aromatic carbocycles. The number of rotatable bonds is 4. The number of alkyl halides is 1. The topological polar surface area (TPSA) is 29.5 Å². The molecule has 0 radical (unpaired) electrons. The summed E-state index contributed by atoms with van der Waals surface area (Å²) in [6, 6.07) is 0. The van der Waals surface area contributed by atoms with Crippen LogP contribution in [0.15, 0.2) is 18.4 Å². The molecular weight excluding hydrogens is 236 g/mol. The van der Waals surface area contributed by atoms with E-state index in [0.29, 0.717) is 5.92 Å². The van der Waals surface area contributed by atoms with E-state index >= 15 is 0 Å². The van der Waals surface area contributed by atoms with Gasteiger partial charge >= 0.3 is 0 Å². The molecule has 0 spiro atoms. The quantitative estimate of drug-likeness (QED) is 0.620. The van der Waals surface area contributed by atoms with Crippen molar-refractivity contribution in [2.24, 2.45) is 11.8 Å². The van der Waals surface area contributed by atoms with Crippen LogP contribution in [0.2, 0.25) is 0 Å². The summed E-state index contributed by atoms with van der Waals surface area (Å²) in [5.41, 5.74) is 2.69. The number of aliphatic hydroxyl groups is 1. The van der Waals surface area contributed by atoms with Crippen LogP contribution in [0, 0.1) is 11.8 Å². The number of hydrogen-bond acceptors (Lipinski definition) is 2. The van der Waals surface area contributed by atoms with Crippen molar-refractivity contribution in [2.75, 3.05) is 0 Å². The van der Waals surface area contributed by atoms with E-state index in [1.807, 2.05) is 13.8 Å². The summed E-state index contributed by atoms with van der Waals surface area (Å²) in [6.07, 6.45) is 1.35. The molecule has 1 aliphatic rings. The molecule has 0 aliphatic carbocycles. The molecular formula is C14H23ClO2. The first-order chi connectivity index (χ1) is 7.82. The maximum atomic E-state index is 10.4. The van der Waals surface area contributed by atoms with Crippen LogP contribution in [-0.4, -0.2) is 28.3 Å². The second-order valence-corrected chi connectivity index (χ2v) is 6.24. The van der Waals surface area contributed by atoms with Gasteiger partial charge in [0.2, 0.25) is 0 Å². The Labute approximate surface area is 109 Å². The van der Waals surface area contributed by atoms with Gasteiger partial charge in [-0.05, 0) is 24.3 Å². The monoisotopic (exact) mass is 258 g/mol. The summed E-state index contributed by atoms with van der Waals surface area (Å²) >= 11 is 6.53. The first-order valence-electron chi connectivity index (χ1n) is 6.22. The van der Waals surface area contributed by atoms with Crippen LogP contribution in [0.1, 0.15) is 34.1 Å². The van der Waals surface area contributed by atoms with E-state index in [1.165, 1.54) is 0 Å². The standard InChI is InChI=1S/C14H23ClO2/c1-6-7-14(15)12(16)11(8-9(2)3)17-13(14)10(4)5/h7,9-13,16H,1,8H2,2-5H3/t11-,12-,13+,14-/m1/s1. The van der Waals surface area contributed by atoms with Crippen LogP contribution in [-0.2, 0) is 4.74 Å². The molecule has 0 bridgehead atoms. The Morgan fingerprint density at radius 3 is 2.47 bits per heavy atom. The number of ether oxygens (including phenoxy) is 1. The predicted octanol–water partition coefficient (Wildman–Crippen LogP) is 3.14. The van der Waals surface area contributed by atoms with Crippen molar-refractivity contribution >= 4 is 11.6 Å². The van der Waals surface area contributed by atoms with Crippen molar-refractivity contribution < 1.29 is 9.84 Å². The minimum absolute atomic E-state index is 0.197. The highest BCUT2D eigenvalue weighted by Crippen LogP contribution is 2.43. The van der Waals surface area contributed by atoms with Gasteiger partial charge in [-0.3, -0.25) is 0 Å². The summed E-state index contributed by atoms with van der Waals surface area (Å²) in [7, 11) is 0. The van der Waals surface area contributed by atoms with Crippen LogP contribution in [0.4, 0.5) is 0 Å². The van der Waals surface area contributed by atoms with Gasteiger partial charge in [-0.25, -0.2) is 0 Å². The zero-order valence-corrected chi connectivity index (χ0v) is 11.9. The van der Waals surface area contributed by atoms with Crippen molar-refractivity contribution in [3.8, 4) is 0 Å². The number of halogens is 1. The van der Waals surface area contributed by atoms with E-state index in [2.05, 4.69) is 26.2 Å². The van der Waals surface area contributed by atoms with Gasteiger partial charge < -0.3 is 9.84 Å². The Morgan fingerprint density at radius 1 is 1.47 bits per heavy atom. The zero-order valence-electron chi connectivity index (χ0n) is 11.1. The Morgan fingerprint density at radius 2 is 2.06 bits per heavy atom. The molecule has 0 amide bonds. The van der Waals surface area contributed by atoms with E-state index in [1.54, 1.807) is 6.08 Å². The number of aliphatic hydroxyl groups excluding tert-OH is 1. The van der Waals surface area contributed by atoms with E-state index in [9.17, 15) is 5.11 Å². The fraction of sp³-hybridized carbons (Fsp3) is 0.786. The van der Waals surface area contributed by atoms with Gasteiger partial charge in [-0.2, -0.15) is 0 Å². The molecule has 17 heavy (non-hydrogen) atoms. The number of hydrogen-bond donors (Lipinski definition) is 1. The molecule has 1 heterocycles. The lowest BCUT2D eigenvalue weighted by atomic mass is 9.87. The van der Waals surface area contributed by atoms with Crippen LogP contribution in [0.3, 0.4) is 0 Å². The molecule has 0 saturated carbocycles. The lowest BCUT2D eigenvalue weighted by molar-refractivity contribution is -0.0160. The largest absolute Gasteiger partial charge is 0.388 e. The molecule has 0 aromatic heterocycles. The van der Waals surface area contributed by atoms with Crippen molar-refractivity contribution in [3.05, 3.63) is 18.4 Å². The van der Waals surface area contributed by atoms with E-state index in [0.717, 1.165) is 6.42 Å². The second-order valence-electron chi connectivity index (χ2n) is 5.59. The Kier molecular flexibility index (Phi) is 4.86. The maximum absolute atomic E-state index is 10.4. The maximum Gasteiger partial charge on any atom is 0.124 e. The first-order valence-corrected chi connectivity index (χ1v) is 6.60. The smallest absolute Gasteiger partial charge is 0.124 e.